The van der Waals surface area contributed by atoms with Crippen molar-refractivity contribution in [2.75, 3.05) is 27.5 Å². The minimum absolute atomic E-state index is 0.0278. The Hall–Kier alpha value is -3.77. The standard InChI is InChI=1S/C28H25Cl2N3O6S2/c1-2-39-23-13-9-22(10-14-23)32-40(35,36)24-15-11-21(12-16-24)31-28(34)19-33(27-18-20(29)8-17-26(27)30)41(37,38)25-6-4-3-5-7-25/h3-18,32H,2,19H2,1H3,(H,31,34). The zero-order chi connectivity index (χ0) is 29.6. The Kier molecular flexibility index (Phi) is 9.44. The van der Waals surface area contributed by atoms with Gasteiger partial charge in [0.25, 0.3) is 20.0 Å². The van der Waals surface area contributed by atoms with Gasteiger partial charge in [0.2, 0.25) is 5.91 Å². The van der Waals surface area contributed by atoms with Gasteiger partial charge in [0.05, 0.1) is 27.1 Å². The monoisotopic (exact) mass is 633 g/mol. The van der Waals surface area contributed by atoms with Crippen molar-refractivity contribution in [3.05, 3.63) is 107 Å². The zero-order valence-electron chi connectivity index (χ0n) is 21.6. The van der Waals surface area contributed by atoms with Gasteiger partial charge in [0, 0.05) is 16.4 Å². The number of halogens is 2. The molecule has 0 saturated carbocycles. The molecule has 13 heteroatoms. The molecule has 0 fully saturated rings. The van der Waals surface area contributed by atoms with E-state index in [1.54, 1.807) is 42.5 Å². The molecular weight excluding hydrogens is 609 g/mol. The summed E-state index contributed by atoms with van der Waals surface area (Å²) in [6.07, 6.45) is 0. The molecule has 41 heavy (non-hydrogen) atoms. The van der Waals surface area contributed by atoms with Crippen LogP contribution in [0.25, 0.3) is 0 Å². The maximum Gasteiger partial charge on any atom is 0.264 e. The molecule has 214 valence electrons. The third kappa shape index (κ3) is 7.50. The first-order valence-electron chi connectivity index (χ1n) is 12.2. The molecule has 0 spiro atoms. The van der Waals surface area contributed by atoms with Crippen LogP contribution in [0.4, 0.5) is 17.1 Å². The summed E-state index contributed by atoms with van der Waals surface area (Å²) in [6.45, 7) is 1.71. The Labute approximate surface area is 248 Å². The molecule has 0 unspecified atom stereocenters. The molecule has 0 aromatic heterocycles. The average molecular weight is 635 g/mol. The van der Waals surface area contributed by atoms with Gasteiger partial charge in [0.1, 0.15) is 12.3 Å². The number of nitrogens with one attached hydrogen (secondary N) is 2. The Morgan fingerprint density at radius 2 is 1.44 bits per heavy atom. The van der Waals surface area contributed by atoms with Gasteiger partial charge in [-0.15, -0.1) is 0 Å². The van der Waals surface area contributed by atoms with E-state index in [1.165, 1.54) is 54.6 Å². The van der Waals surface area contributed by atoms with Crippen molar-refractivity contribution in [2.24, 2.45) is 0 Å². The number of rotatable bonds is 11. The molecule has 4 aromatic rings. The predicted molar refractivity (Wildman–Crippen MR) is 161 cm³/mol. The van der Waals surface area contributed by atoms with E-state index >= 15 is 0 Å². The number of hydrogen-bond acceptors (Lipinski definition) is 6. The van der Waals surface area contributed by atoms with Crippen LogP contribution in [0, 0.1) is 0 Å². The van der Waals surface area contributed by atoms with Crippen molar-refractivity contribution in [3.8, 4) is 5.75 Å². The van der Waals surface area contributed by atoms with Crippen LogP contribution in [-0.4, -0.2) is 35.9 Å². The predicted octanol–water partition coefficient (Wildman–Crippen LogP) is 6.03. The molecule has 0 heterocycles. The number of anilines is 3. The largest absolute Gasteiger partial charge is 0.494 e. The molecule has 0 bridgehead atoms. The van der Waals surface area contributed by atoms with E-state index in [2.05, 4.69) is 10.0 Å². The Bertz CT molecular complexity index is 1730. The molecule has 0 aliphatic rings. The number of nitrogens with zero attached hydrogens (tertiary/aromatic N) is 1. The second kappa shape index (κ2) is 12.8. The molecule has 0 saturated heterocycles. The molecule has 0 aliphatic heterocycles. The Morgan fingerprint density at radius 3 is 2.07 bits per heavy atom. The molecule has 0 aliphatic carbocycles. The van der Waals surface area contributed by atoms with Crippen molar-refractivity contribution in [1.82, 2.24) is 0 Å². The molecule has 2 N–H and O–H groups in total. The van der Waals surface area contributed by atoms with Crippen molar-refractivity contribution < 1.29 is 26.4 Å². The Morgan fingerprint density at radius 1 is 0.805 bits per heavy atom. The lowest BCUT2D eigenvalue weighted by molar-refractivity contribution is -0.114. The minimum Gasteiger partial charge on any atom is -0.494 e. The maximum absolute atomic E-state index is 13.5. The lowest BCUT2D eigenvalue weighted by atomic mass is 10.3. The normalized spacial score (nSPS) is 11.5. The van der Waals surface area contributed by atoms with Crippen LogP contribution in [-0.2, 0) is 24.8 Å². The first-order valence-corrected chi connectivity index (χ1v) is 15.9. The van der Waals surface area contributed by atoms with E-state index in [-0.39, 0.29) is 31.2 Å². The fourth-order valence-electron chi connectivity index (χ4n) is 3.74. The van der Waals surface area contributed by atoms with Gasteiger partial charge in [-0.3, -0.25) is 13.8 Å². The number of amides is 1. The van der Waals surface area contributed by atoms with Crippen molar-refractivity contribution in [3.63, 3.8) is 0 Å². The first kappa shape index (κ1) is 30.2. The zero-order valence-corrected chi connectivity index (χ0v) is 24.8. The van der Waals surface area contributed by atoms with E-state index in [1.807, 2.05) is 6.92 Å². The van der Waals surface area contributed by atoms with Crippen LogP contribution in [0.3, 0.4) is 0 Å². The molecule has 9 nitrogen and oxygen atoms in total. The fourth-order valence-corrected chi connectivity index (χ4v) is 6.69. The van der Waals surface area contributed by atoms with Crippen molar-refractivity contribution in [2.45, 2.75) is 16.7 Å². The van der Waals surface area contributed by atoms with Gasteiger partial charge in [0.15, 0.2) is 0 Å². The van der Waals surface area contributed by atoms with Gasteiger partial charge in [-0.1, -0.05) is 41.4 Å². The molecule has 1 amide bonds. The highest BCUT2D eigenvalue weighted by atomic mass is 35.5. The summed E-state index contributed by atoms with van der Waals surface area (Å²) in [4.78, 5) is 13.0. The highest BCUT2D eigenvalue weighted by Crippen LogP contribution is 2.33. The first-order chi connectivity index (χ1) is 19.5. The average Bonchev–Trinajstić information content (AvgIpc) is 2.95. The summed E-state index contributed by atoms with van der Waals surface area (Å²) in [7, 11) is -8.12. The second-order valence-electron chi connectivity index (χ2n) is 8.56. The smallest absolute Gasteiger partial charge is 0.264 e. The highest BCUT2D eigenvalue weighted by molar-refractivity contribution is 7.93. The van der Waals surface area contributed by atoms with Crippen LogP contribution in [0.5, 0.6) is 5.75 Å². The Balaban J connectivity index is 1.51. The maximum atomic E-state index is 13.5. The van der Waals surface area contributed by atoms with E-state index in [4.69, 9.17) is 27.9 Å². The van der Waals surface area contributed by atoms with Crippen LogP contribution >= 0.6 is 23.2 Å². The number of sulfonamides is 2. The molecule has 0 radical (unpaired) electrons. The second-order valence-corrected chi connectivity index (χ2v) is 12.9. The number of ether oxygens (including phenoxy) is 1. The SMILES string of the molecule is CCOc1ccc(NS(=O)(=O)c2ccc(NC(=O)CN(c3cc(Cl)ccc3Cl)S(=O)(=O)c3ccccc3)cc2)cc1. The highest BCUT2D eigenvalue weighted by Gasteiger charge is 2.29. The molecular formula is C28H25Cl2N3O6S2. The lowest BCUT2D eigenvalue weighted by Crippen LogP contribution is -2.38. The summed E-state index contributed by atoms with van der Waals surface area (Å²) < 4.78 is 61.4. The number of carbonyl (C=O) groups excluding carboxylic acids is 1. The number of carbonyl (C=O) groups is 1. The summed E-state index contributed by atoms with van der Waals surface area (Å²) in [5.41, 5.74) is 0.634. The quantitative estimate of drug-likeness (QED) is 0.208. The van der Waals surface area contributed by atoms with Gasteiger partial charge < -0.3 is 10.1 Å². The third-order valence-corrected chi connectivity index (χ3v) is 9.39. The van der Waals surface area contributed by atoms with Crippen molar-refractivity contribution >= 4 is 66.2 Å². The fraction of sp³-hybridized carbons (Fsp3) is 0.107. The van der Waals surface area contributed by atoms with Gasteiger partial charge in [-0.05, 0) is 85.8 Å². The molecule has 0 atom stereocenters. The van der Waals surface area contributed by atoms with Gasteiger partial charge in [-0.2, -0.15) is 0 Å². The van der Waals surface area contributed by atoms with Crippen LogP contribution < -0.4 is 19.1 Å². The topological polar surface area (TPSA) is 122 Å². The van der Waals surface area contributed by atoms with Crippen molar-refractivity contribution in [1.29, 1.82) is 0 Å². The van der Waals surface area contributed by atoms with E-state index in [0.29, 0.717) is 18.0 Å². The van der Waals surface area contributed by atoms with Gasteiger partial charge >= 0.3 is 0 Å². The van der Waals surface area contributed by atoms with E-state index in [0.717, 1.165) is 4.31 Å². The van der Waals surface area contributed by atoms with Crippen LogP contribution in [0.2, 0.25) is 10.0 Å². The number of benzene rings is 4. The van der Waals surface area contributed by atoms with Crippen LogP contribution in [0.1, 0.15) is 6.92 Å². The third-order valence-electron chi connectivity index (χ3n) is 5.66. The van der Waals surface area contributed by atoms with E-state index < -0.39 is 32.5 Å². The lowest BCUT2D eigenvalue weighted by Gasteiger charge is -2.25. The molecule has 4 rings (SSSR count). The van der Waals surface area contributed by atoms with Gasteiger partial charge in [-0.25, -0.2) is 16.8 Å². The van der Waals surface area contributed by atoms with Crippen LogP contribution in [0.15, 0.2) is 107 Å². The minimum atomic E-state index is -4.21. The molecule has 4 aromatic carbocycles. The summed E-state index contributed by atoms with van der Waals surface area (Å²) >= 11 is 12.4. The summed E-state index contributed by atoms with van der Waals surface area (Å²) in [5.74, 6) is -0.0769. The summed E-state index contributed by atoms with van der Waals surface area (Å²) in [6, 6.07) is 23.8. The van der Waals surface area contributed by atoms with E-state index in [9.17, 15) is 21.6 Å². The summed E-state index contributed by atoms with van der Waals surface area (Å²) in [5, 5.41) is 2.91. The number of hydrogen-bond donors (Lipinski definition) is 2.